The third-order valence-corrected chi connectivity index (χ3v) is 5.85. The highest BCUT2D eigenvalue weighted by Gasteiger charge is 2.23. The zero-order valence-corrected chi connectivity index (χ0v) is 16.8. The molecule has 3 aromatic rings. The lowest BCUT2D eigenvalue weighted by Crippen LogP contribution is -2.37. The first kappa shape index (κ1) is 20.2. The minimum absolute atomic E-state index is 0.191. The standard InChI is InChI=1S/C23H26N2O5/c26-14-19-21(29-15-17-4-2-1-3-5-17)9-7-18-20(24-30-22(18)19)8-6-16-10-12-25(13-11-16)23(27)28/h1-5,7,9,16,26H,6,8,10-15H2,(H,27,28). The molecule has 0 unspecified atom stereocenters. The van der Waals surface area contributed by atoms with Crippen LogP contribution < -0.4 is 4.74 Å². The molecule has 0 radical (unpaired) electrons. The van der Waals surface area contributed by atoms with Crippen LogP contribution in [0.2, 0.25) is 0 Å². The second-order valence-corrected chi connectivity index (χ2v) is 7.73. The third kappa shape index (κ3) is 4.41. The first-order valence-corrected chi connectivity index (χ1v) is 10.3. The maximum atomic E-state index is 11.0. The summed E-state index contributed by atoms with van der Waals surface area (Å²) in [7, 11) is 0. The Kier molecular flexibility index (Phi) is 6.18. The molecule has 1 aliphatic rings. The molecule has 7 heteroatoms. The molecule has 1 aromatic heterocycles. The average Bonchev–Trinajstić information content (AvgIpc) is 3.20. The number of benzene rings is 2. The molecule has 2 aromatic carbocycles. The number of rotatable bonds is 7. The summed E-state index contributed by atoms with van der Waals surface area (Å²) in [6, 6.07) is 13.7. The van der Waals surface area contributed by atoms with Crippen molar-refractivity contribution in [3.63, 3.8) is 0 Å². The van der Waals surface area contributed by atoms with Gasteiger partial charge >= 0.3 is 6.09 Å². The van der Waals surface area contributed by atoms with Crippen LogP contribution in [-0.2, 0) is 19.6 Å². The van der Waals surface area contributed by atoms with Crippen LogP contribution in [-0.4, -0.2) is 39.5 Å². The van der Waals surface area contributed by atoms with Crippen LogP contribution in [0, 0.1) is 5.92 Å². The molecule has 4 rings (SSSR count). The average molecular weight is 410 g/mol. The number of nitrogens with zero attached hydrogens (tertiary/aromatic N) is 2. The molecule has 0 bridgehead atoms. The summed E-state index contributed by atoms with van der Waals surface area (Å²) in [6.45, 7) is 1.41. The molecule has 2 N–H and O–H groups in total. The smallest absolute Gasteiger partial charge is 0.407 e. The van der Waals surface area contributed by atoms with Gasteiger partial charge in [0.05, 0.1) is 17.9 Å². The van der Waals surface area contributed by atoms with Gasteiger partial charge in [0.1, 0.15) is 12.4 Å². The number of aromatic nitrogens is 1. The minimum atomic E-state index is -0.835. The fourth-order valence-corrected chi connectivity index (χ4v) is 4.05. The maximum absolute atomic E-state index is 11.0. The fourth-order valence-electron chi connectivity index (χ4n) is 4.05. The van der Waals surface area contributed by atoms with E-state index in [1.165, 1.54) is 4.90 Å². The predicted octanol–water partition coefficient (Wildman–Crippen LogP) is 4.22. The summed E-state index contributed by atoms with van der Waals surface area (Å²) in [6.07, 6.45) is 2.62. The Morgan fingerprint density at radius 3 is 2.63 bits per heavy atom. The number of hydrogen-bond acceptors (Lipinski definition) is 5. The van der Waals surface area contributed by atoms with Crippen LogP contribution >= 0.6 is 0 Å². The van der Waals surface area contributed by atoms with Gasteiger partial charge in [-0.25, -0.2) is 4.79 Å². The normalized spacial score (nSPS) is 14.9. The van der Waals surface area contributed by atoms with Crippen molar-refractivity contribution in [3.8, 4) is 5.75 Å². The summed E-state index contributed by atoms with van der Waals surface area (Å²) in [5, 5.41) is 24.1. The molecule has 1 amide bonds. The Balaban J connectivity index is 1.42. The van der Waals surface area contributed by atoms with Crippen molar-refractivity contribution in [3.05, 3.63) is 59.3 Å². The Bertz CT molecular complexity index is 994. The van der Waals surface area contributed by atoms with Gasteiger partial charge in [-0.3, -0.25) is 0 Å². The Morgan fingerprint density at radius 2 is 1.93 bits per heavy atom. The molecule has 30 heavy (non-hydrogen) atoms. The van der Waals surface area contributed by atoms with E-state index in [-0.39, 0.29) is 6.61 Å². The predicted molar refractivity (Wildman–Crippen MR) is 111 cm³/mol. The van der Waals surface area contributed by atoms with E-state index in [1.54, 1.807) is 0 Å². The van der Waals surface area contributed by atoms with E-state index in [0.717, 1.165) is 42.3 Å². The largest absolute Gasteiger partial charge is 0.488 e. The minimum Gasteiger partial charge on any atom is -0.488 e. The van der Waals surface area contributed by atoms with Crippen LogP contribution in [0.3, 0.4) is 0 Å². The van der Waals surface area contributed by atoms with Crippen LogP contribution in [0.25, 0.3) is 11.0 Å². The van der Waals surface area contributed by atoms with Gasteiger partial charge in [0.15, 0.2) is 5.58 Å². The van der Waals surface area contributed by atoms with Crippen LogP contribution in [0.1, 0.15) is 36.1 Å². The highest BCUT2D eigenvalue weighted by atomic mass is 16.5. The number of hydrogen-bond donors (Lipinski definition) is 2. The highest BCUT2D eigenvalue weighted by molar-refractivity contribution is 5.84. The molecule has 1 saturated heterocycles. The van der Waals surface area contributed by atoms with E-state index >= 15 is 0 Å². The topological polar surface area (TPSA) is 96.0 Å². The summed E-state index contributed by atoms with van der Waals surface area (Å²) in [5.41, 5.74) is 3.10. The molecular weight excluding hydrogens is 384 g/mol. The van der Waals surface area contributed by atoms with Gasteiger partial charge < -0.3 is 24.4 Å². The molecule has 7 nitrogen and oxygen atoms in total. The van der Waals surface area contributed by atoms with Crippen molar-refractivity contribution in [2.75, 3.05) is 13.1 Å². The monoisotopic (exact) mass is 410 g/mol. The Hall–Kier alpha value is -3.06. The number of carbonyl (C=O) groups is 1. The molecule has 2 heterocycles. The van der Waals surface area contributed by atoms with Crippen LogP contribution in [0.5, 0.6) is 5.75 Å². The molecule has 1 fully saturated rings. The van der Waals surface area contributed by atoms with Gasteiger partial charge in [0.2, 0.25) is 0 Å². The third-order valence-electron chi connectivity index (χ3n) is 5.85. The van der Waals surface area contributed by atoms with E-state index in [1.807, 2.05) is 42.5 Å². The van der Waals surface area contributed by atoms with Gasteiger partial charge in [0.25, 0.3) is 0 Å². The number of likely N-dealkylation sites (tertiary alicyclic amines) is 1. The summed E-state index contributed by atoms with van der Waals surface area (Å²) >= 11 is 0. The van der Waals surface area contributed by atoms with Crippen molar-refractivity contribution in [1.29, 1.82) is 0 Å². The maximum Gasteiger partial charge on any atom is 0.407 e. The van der Waals surface area contributed by atoms with Crippen molar-refractivity contribution in [2.24, 2.45) is 5.92 Å². The SMILES string of the molecule is O=C(O)N1CCC(CCc2noc3c(CO)c(OCc4ccccc4)ccc23)CC1. The first-order valence-electron chi connectivity index (χ1n) is 10.3. The number of aliphatic hydroxyl groups is 1. The van der Waals surface area contributed by atoms with E-state index in [2.05, 4.69) is 5.16 Å². The van der Waals surface area contributed by atoms with E-state index < -0.39 is 6.09 Å². The Morgan fingerprint density at radius 1 is 1.17 bits per heavy atom. The number of aryl methyl sites for hydroxylation is 1. The van der Waals surface area contributed by atoms with E-state index in [9.17, 15) is 9.90 Å². The number of amides is 1. The first-order chi connectivity index (χ1) is 14.7. The molecule has 0 spiro atoms. The van der Waals surface area contributed by atoms with E-state index in [0.29, 0.717) is 42.5 Å². The summed E-state index contributed by atoms with van der Waals surface area (Å²) < 4.78 is 11.5. The fraction of sp³-hybridized carbons (Fsp3) is 0.391. The molecular formula is C23H26N2O5. The summed E-state index contributed by atoms with van der Waals surface area (Å²) in [4.78, 5) is 12.5. The van der Waals surface area contributed by atoms with Crippen LogP contribution in [0.4, 0.5) is 4.79 Å². The molecule has 0 saturated carbocycles. The van der Waals surface area contributed by atoms with Crippen molar-refractivity contribution in [2.45, 2.75) is 38.9 Å². The number of ether oxygens (including phenoxy) is 1. The van der Waals surface area contributed by atoms with Gasteiger partial charge in [-0.1, -0.05) is 35.5 Å². The zero-order chi connectivity index (χ0) is 20.9. The van der Waals surface area contributed by atoms with E-state index in [4.69, 9.17) is 14.4 Å². The highest BCUT2D eigenvalue weighted by Crippen LogP contribution is 2.32. The van der Waals surface area contributed by atoms with Gasteiger partial charge in [-0.2, -0.15) is 0 Å². The quantitative estimate of drug-likeness (QED) is 0.605. The zero-order valence-electron chi connectivity index (χ0n) is 16.8. The molecule has 0 aliphatic carbocycles. The lowest BCUT2D eigenvalue weighted by molar-refractivity contribution is 0.123. The van der Waals surface area contributed by atoms with Crippen LogP contribution in [0.15, 0.2) is 47.0 Å². The number of piperidine rings is 1. The van der Waals surface area contributed by atoms with Crippen molar-refractivity contribution >= 4 is 17.1 Å². The van der Waals surface area contributed by atoms with Gasteiger partial charge in [0, 0.05) is 18.5 Å². The number of carboxylic acid groups (broad SMARTS) is 1. The number of aliphatic hydroxyl groups excluding tert-OH is 1. The molecule has 0 atom stereocenters. The van der Waals surface area contributed by atoms with Gasteiger partial charge in [-0.15, -0.1) is 0 Å². The second-order valence-electron chi connectivity index (χ2n) is 7.73. The lowest BCUT2D eigenvalue weighted by Gasteiger charge is -2.29. The Labute approximate surface area is 174 Å². The van der Waals surface area contributed by atoms with Crippen molar-refractivity contribution in [1.82, 2.24) is 10.1 Å². The lowest BCUT2D eigenvalue weighted by atomic mass is 9.91. The van der Waals surface area contributed by atoms with Gasteiger partial charge in [-0.05, 0) is 49.3 Å². The summed E-state index contributed by atoms with van der Waals surface area (Å²) in [5.74, 6) is 1.08. The molecule has 1 aliphatic heterocycles. The number of fused-ring (bicyclic) bond motifs is 1. The second kappa shape index (κ2) is 9.17. The molecule has 158 valence electrons. The van der Waals surface area contributed by atoms with Crippen molar-refractivity contribution < 1.29 is 24.3 Å².